The van der Waals surface area contributed by atoms with Crippen LogP contribution in [0, 0.1) is 6.92 Å². The van der Waals surface area contributed by atoms with Crippen molar-refractivity contribution in [3.8, 4) is 11.4 Å². The zero-order chi connectivity index (χ0) is 12.6. The van der Waals surface area contributed by atoms with Crippen LogP contribution >= 0.6 is 11.6 Å². The lowest BCUT2D eigenvalue weighted by Crippen LogP contribution is -2.01. The summed E-state index contributed by atoms with van der Waals surface area (Å²) in [4.78, 5) is 10.7. The van der Waals surface area contributed by atoms with Gasteiger partial charge in [-0.15, -0.1) is 0 Å². The topological polar surface area (TPSA) is 75.4 Å². The third kappa shape index (κ3) is 2.09. The van der Waals surface area contributed by atoms with Gasteiger partial charge in [0.1, 0.15) is 0 Å². The quantitative estimate of drug-likeness (QED) is 0.859. The van der Waals surface area contributed by atoms with E-state index in [1.807, 2.05) is 13.0 Å². The first kappa shape index (κ1) is 11.5. The monoisotopic (exact) mass is 252 g/mol. The number of nitrogens with zero attached hydrogens (tertiary/aromatic N) is 2. The normalized spacial score (nSPS) is 10.5. The third-order valence-electron chi connectivity index (χ3n) is 2.25. The van der Waals surface area contributed by atoms with Crippen molar-refractivity contribution < 1.29 is 15.0 Å². The molecule has 88 valence electrons. The smallest absolute Gasteiger partial charge is 0.360 e. The Balaban J connectivity index is 2.53. The molecule has 0 spiro atoms. The number of halogens is 1. The number of hydrogen-bond donors (Lipinski definition) is 2. The summed E-state index contributed by atoms with van der Waals surface area (Å²) >= 11 is 6.02. The molecule has 0 atom stereocenters. The minimum absolute atomic E-state index is 0.394. The van der Waals surface area contributed by atoms with E-state index in [-0.39, 0.29) is 0 Å². The van der Waals surface area contributed by atoms with E-state index >= 15 is 0 Å². The molecule has 0 bridgehead atoms. The molecule has 0 unspecified atom stereocenters. The Kier molecular flexibility index (Phi) is 2.77. The van der Waals surface area contributed by atoms with Gasteiger partial charge in [0.15, 0.2) is 5.75 Å². The maximum atomic E-state index is 10.7. The Morgan fingerprint density at radius 2 is 2.18 bits per heavy atom. The number of carboxylic acids is 1. The van der Waals surface area contributed by atoms with Crippen molar-refractivity contribution in [1.29, 1.82) is 0 Å². The van der Waals surface area contributed by atoms with Gasteiger partial charge in [0, 0.05) is 0 Å². The van der Waals surface area contributed by atoms with Gasteiger partial charge in [-0.2, -0.15) is 5.10 Å². The minimum atomic E-state index is -1.29. The first-order valence-electron chi connectivity index (χ1n) is 4.77. The van der Waals surface area contributed by atoms with E-state index in [1.54, 1.807) is 12.1 Å². The molecule has 2 rings (SSSR count). The molecule has 0 amide bonds. The second kappa shape index (κ2) is 4.10. The van der Waals surface area contributed by atoms with Crippen LogP contribution in [-0.4, -0.2) is 26.0 Å². The minimum Gasteiger partial charge on any atom is -0.504 e. The molecule has 0 saturated heterocycles. The molecule has 0 saturated carbocycles. The Hall–Kier alpha value is -2.01. The first-order chi connectivity index (χ1) is 7.99. The van der Waals surface area contributed by atoms with Crippen LogP contribution in [0.4, 0.5) is 0 Å². The van der Waals surface area contributed by atoms with Gasteiger partial charge in [0.25, 0.3) is 0 Å². The number of carbonyl (C=O) groups is 1. The van der Waals surface area contributed by atoms with Crippen molar-refractivity contribution in [2.45, 2.75) is 6.92 Å². The fourth-order valence-corrected chi connectivity index (χ4v) is 1.76. The highest BCUT2D eigenvalue weighted by molar-refractivity contribution is 6.32. The molecular weight excluding hydrogens is 244 g/mol. The van der Waals surface area contributed by atoms with Crippen LogP contribution in [0.3, 0.4) is 0 Å². The highest BCUT2D eigenvalue weighted by Gasteiger charge is 2.16. The lowest BCUT2D eigenvalue weighted by atomic mass is 10.2. The van der Waals surface area contributed by atoms with Crippen LogP contribution in [0.5, 0.6) is 5.75 Å². The van der Waals surface area contributed by atoms with Gasteiger partial charge in [-0.3, -0.25) is 0 Å². The van der Waals surface area contributed by atoms with E-state index in [4.69, 9.17) is 16.7 Å². The summed E-state index contributed by atoms with van der Waals surface area (Å²) in [6.45, 7) is 1.89. The molecule has 5 nitrogen and oxygen atoms in total. The molecule has 0 aliphatic rings. The SMILES string of the molecule is Cc1ccc(-n2cc(O)c(C(=O)O)n2)c(Cl)c1. The Labute approximate surface area is 102 Å². The summed E-state index contributed by atoms with van der Waals surface area (Å²) in [5.74, 6) is -1.68. The molecule has 0 fully saturated rings. The van der Waals surface area contributed by atoms with Crippen molar-refractivity contribution in [2.75, 3.05) is 0 Å². The van der Waals surface area contributed by atoms with Gasteiger partial charge in [-0.05, 0) is 24.6 Å². The summed E-state index contributed by atoms with van der Waals surface area (Å²) < 4.78 is 1.24. The molecule has 0 radical (unpaired) electrons. The zero-order valence-corrected chi connectivity index (χ0v) is 9.64. The van der Waals surface area contributed by atoms with Gasteiger partial charge in [-0.1, -0.05) is 17.7 Å². The maximum absolute atomic E-state index is 10.7. The molecule has 6 heteroatoms. The first-order valence-corrected chi connectivity index (χ1v) is 5.15. The van der Waals surface area contributed by atoms with Crippen molar-refractivity contribution in [3.05, 3.63) is 40.7 Å². The van der Waals surface area contributed by atoms with Crippen LogP contribution in [0.25, 0.3) is 5.69 Å². The second-order valence-electron chi connectivity index (χ2n) is 3.57. The van der Waals surface area contributed by atoms with Crippen molar-refractivity contribution >= 4 is 17.6 Å². The average molecular weight is 253 g/mol. The molecule has 2 aromatic rings. The lowest BCUT2D eigenvalue weighted by Gasteiger charge is -2.04. The number of rotatable bonds is 2. The van der Waals surface area contributed by atoms with E-state index in [9.17, 15) is 9.90 Å². The number of aromatic nitrogens is 2. The summed E-state index contributed by atoms with van der Waals surface area (Å²) in [6.07, 6.45) is 1.21. The molecule has 1 heterocycles. The highest BCUT2D eigenvalue weighted by Crippen LogP contribution is 2.24. The molecular formula is C11H9ClN2O3. The van der Waals surface area contributed by atoms with E-state index < -0.39 is 17.4 Å². The summed E-state index contributed by atoms with van der Waals surface area (Å²) in [7, 11) is 0. The molecule has 0 aliphatic heterocycles. The Morgan fingerprint density at radius 3 is 2.71 bits per heavy atom. The van der Waals surface area contributed by atoms with Gasteiger partial charge >= 0.3 is 5.97 Å². The van der Waals surface area contributed by atoms with Gasteiger partial charge in [0.05, 0.1) is 16.9 Å². The van der Waals surface area contributed by atoms with Crippen LogP contribution < -0.4 is 0 Å². The zero-order valence-electron chi connectivity index (χ0n) is 8.88. The Bertz CT molecular complexity index is 592. The number of aromatic carboxylic acids is 1. The van der Waals surface area contributed by atoms with Crippen molar-refractivity contribution in [2.24, 2.45) is 0 Å². The van der Waals surface area contributed by atoms with E-state index in [0.717, 1.165) is 5.56 Å². The third-order valence-corrected chi connectivity index (χ3v) is 2.55. The molecule has 0 aliphatic carbocycles. The average Bonchev–Trinajstić information content (AvgIpc) is 2.60. The number of benzene rings is 1. The second-order valence-corrected chi connectivity index (χ2v) is 3.97. The van der Waals surface area contributed by atoms with Crippen molar-refractivity contribution in [1.82, 2.24) is 9.78 Å². The van der Waals surface area contributed by atoms with Crippen LogP contribution in [0.1, 0.15) is 16.1 Å². The molecule has 2 N–H and O–H groups in total. The Morgan fingerprint density at radius 1 is 1.47 bits per heavy atom. The van der Waals surface area contributed by atoms with E-state index in [2.05, 4.69) is 5.10 Å². The fourth-order valence-electron chi connectivity index (χ4n) is 1.44. The van der Waals surface area contributed by atoms with Gasteiger partial charge < -0.3 is 10.2 Å². The number of hydrogen-bond acceptors (Lipinski definition) is 3. The number of aromatic hydroxyl groups is 1. The van der Waals surface area contributed by atoms with E-state index in [1.165, 1.54) is 10.9 Å². The summed E-state index contributed by atoms with van der Waals surface area (Å²) in [6, 6.07) is 5.26. The predicted molar refractivity (Wildman–Crippen MR) is 61.9 cm³/mol. The number of carboxylic acid groups (broad SMARTS) is 1. The standard InChI is InChI=1S/C11H9ClN2O3/c1-6-2-3-8(7(12)4-6)14-5-9(15)10(13-14)11(16)17/h2-5,15H,1H3,(H,16,17). The van der Waals surface area contributed by atoms with Crippen molar-refractivity contribution in [3.63, 3.8) is 0 Å². The summed E-state index contributed by atoms with van der Waals surface area (Å²) in [5.41, 5.74) is 1.09. The van der Waals surface area contributed by atoms with Gasteiger partial charge in [-0.25, -0.2) is 9.48 Å². The largest absolute Gasteiger partial charge is 0.504 e. The molecule has 17 heavy (non-hydrogen) atoms. The molecule has 1 aromatic carbocycles. The predicted octanol–water partition coefficient (Wildman–Crippen LogP) is 2.24. The summed E-state index contributed by atoms with van der Waals surface area (Å²) in [5, 5.41) is 22.4. The fraction of sp³-hybridized carbons (Fsp3) is 0.0909. The molecule has 1 aromatic heterocycles. The maximum Gasteiger partial charge on any atom is 0.360 e. The lowest BCUT2D eigenvalue weighted by molar-refractivity contribution is 0.0687. The van der Waals surface area contributed by atoms with Crippen LogP contribution in [0.2, 0.25) is 5.02 Å². The van der Waals surface area contributed by atoms with Gasteiger partial charge in [0.2, 0.25) is 5.69 Å². The van der Waals surface area contributed by atoms with Crippen LogP contribution in [0.15, 0.2) is 24.4 Å². The van der Waals surface area contributed by atoms with Crippen LogP contribution in [-0.2, 0) is 0 Å². The number of aryl methyl sites for hydroxylation is 1. The highest BCUT2D eigenvalue weighted by atomic mass is 35.5. The van der Waals surface area contributed by atoms with E-state index in [0.29, 0.717) is 10.7 Å².